The van der Waals surface area contributed by atoms with Crippen molar-refractivity contribution >= 4 is 23.5 Å². The van der Waals surface area contributed by atoms with E-state index in [2.05, 4.69) is 94.4 Å². The second-order valence-electron chi connectivity index (χ2n) is 24.0. The Morgan fingerprint density at radius 1 is 1.00 bits per heavy atom. The van der Waals surface area contributed by atoms with Crippen LogP contribution < -0.4 is 43.0 Å². The van der Waals surface area contributed by atoms with E-state index in [1.54, 1.807) is 6.07 Å². The lowest BCUT2D eigenvalue weighted by Gasteiger charge is -2.53. The van der Waals surface area contributed by atoms with Crippen LogP contribution in [0.3, 0.4) is 0 Å². The number of fused-ring (bicyclic) bond motifs is 1. The largest absolute Gasteiger partial charge is 0.463 e. The van der Waals surface area contributed by atoms with Gasteiger partial charge in [0.1, 0.15) is 5.82 Å². The molecular weight excluding hydrogens is 939 g/mol. The molecule has 6 aliphatic heterocycles. The summed E-state index contributed by atoms with van der Waals surface area (Å²) in [6.07, 6.45) is 32.6. The van der Waals surface area contributed by atoms with Gasteiger partial charge in [-0.25, -0.2) is 4.79 Å². The van der Waals surface area contributed by atoms with Crippen molar-refractivity contribution in [2.24, 2.45) is 39.3 Å². The smallest absolute Gasteiger partial charge is 0.350 e. The van der Waals surface area contributed by atoms with Gasteiger partial charge in [-0.2, -0.15) is 0 Å². The van der Waals surface area contributed by atoms with E-state index in [9.17, 15) is 0 Å². The molecule has 0 aromatic heterocycles. The van der Waals surface area contributed by atoms with Crippen molar-refractivity contribution in [1.29, 1.82) is 0 Å². The van der Waals surface area contributed by atoms with E-state index in [-0.39, 0.29) is 48.5 Å². The highest BCUT2D eigenvalue weighted by Crippen LogP contribution is 2.62. The standard InChI is InChI=1S/C61H83N9O5/c1-6-65-48-33-41-16-11-15-40-14-7-8-25-57(3,34-39-19-21-49(62)68-36-39)35-42-17-12-18-45-51(42)53(72)61(55(73)74-37-43(48)32-46(40)41)60(75-61,52(45)71)29-23-38(2)58(26-9-10-27-58)59(28-13-30-67-56(64-5)70-59)47-24-31-66-54-44(47)20-22-50(63-4)69-54/h11-12,16-19,21,23-24,33,36,40,43,46,48-50,63,65-66,68-69H,6-10,13-15,20,22,25-32,34-35,37,62H2,1-5H3,(H2,64,67,70). The number of hydrogen-bond acceptors (Lipinski definition) is 12. The number of aliphatic imine (C=N–C) groups is 1. The van der Waals surface area contributed by atoms with E-state index >= 15 is 14.4 Å². The Labute approximate surface area is 444 Å². The topological polar surface area (TPSA) is 196 Å². The first kappa shape index (κ1) is 51.8. The van der Waals surface area contributed by atoms with Crippen LogP contribution in [-0.4, -0.2) is 98.9 Å². The molecule has 4 aliphatic carbocycles. The molecule has 10 unspecified atom stereocenters. The van der Waals surface area contributed by atoms with Gasteiger partial charge in [0, 0.05) is 61.3 Å². The zero-order chi connectivity index (χ0) is 52.2. The zero-order valence-electron chi connectivity index (χ0n) is 45.2. The van der Waals surface area contributed by atoms with Gasteiger partial charge in [-0.3, -0.25) is 14.6 Å². The summed E-state index contributed by atoms with van der Waals surface area (Å²) in [5.74, 6) is 1.16. The number of cyclic esters (lactones) is 1. The molecule has 1 aromatic rings. The molecule has 2 saturated heterocycles. The molecule has 4 bridgehead atoms. The number of hydrogen-bond donors (Lipinski definition) is 8. The molecule has 14 nitrogen and oxygen atoms in total. The Bertz CT molecular complexity index is 2710. The van der Waals surface area contributed by atoms with Crippen LogP contribution in [0.5, 0.6) is 0 Å². The Kier molecular flexibility index (Phi) is 14.2. The van der Waals surface area contributed by atoms with Crippen molar-refractivity contribution in [3.05, 3.63) is 117 Å². The third kappa shape index (κ3) is 8.87. The monoisotopic (exact) mass is 1020 g/mol. The second kappa shape index (κ2) is 20.6. The summed E-state index contributed by atoms with van der Waals surface area (Å²) in [7, 11) is 3.85. The molecule has 9 N–H and O–H groups in total. The molecule has 1 spiro atoms. The zero-order valence-corrected chi connectivity index (χ0v) is 45.2. The molecule has 0 amide bonds. The van der Waals surface area contributed by atoms with E-state index in [1.807, 2.05) is 38.5 Å². The minimum atomic E-state index is -2.12. The lowest BCUT2D eigenvalue weighted by atomic mass is 9.57. The average molecular weight is 1020 g/mol. The summed E-state index contributed by atoms with van der Waals surface area (Å²) in [5, 5.41) is 25.5. The van der Waals surface area contributed by atoms with Crippen LogP contribution in [0.15, 0.2) is 106 Å². The number of benzene rings is 1. The van der Waals surface area contributed by atoms with Gasteiger partial charge in [0.15, 0.2) is 17.3 Å². The molecule has 10 aliphatic rings. The lowest BCUT2D eigenvalue weighted by molar-refractivity contribution is -0.150. The van der Waals surface area contributed by atoms with Crippen LogP contribution in [-0.2, 0) is 20.7 Å². The van der Waals surface area contributed by atoms with Crippen molar-refractivity contribution in [3.63, 3.8) is 0 Å². The summed E-state index contributed by atoms with van der Waals surface area (Å²) in [5.41, 5.74) is 8.74. The number of guanidine groups is 1. The molecule has 0 radical (unpaired) electrons. The maximum Gasteiger partial charge on any atom is 0.350 e. The molecule has 402 valence electrons. The van der Waals surface area contributed by atoms with Gasteiger partial charge in [-0.1, -0.05) is 99.8 Å². The average Bonchev–Trinajstić information content (AvgIpc) is 4.13. The van der Waals surface area contributed by atoms with Crippen molar-refractivity contribution in [1.82, 2.24) is 37.2 Å². The molecular formula is C61H83N9O5. The van der Waals surface area contributed by atoms with Crippen molar-refractivity contribution in [3.8, 4) is 0 Å². The minimum Gasteiger partial charge on any atom is -0.463 e. The first-order chi connectivity index (χ1) is 36.3. The van der Waals surface area contributed by atoms with E-state index < -0.39 is 33.9 Å². The number of allylic oxidation sites excluding steroid dienone is 5. The molecule has 14 heteroatoms. The molecule has 6 heterocycles. The third-order valence-corrected chi connectivity index (χ3v) is 19.7. The minimum absolute atomic E-state index is 0.00609. The Morgan fingerprint density at radius 2 is 1.84 bits per heavy atom. The number of esters is 1. The Hall–Kier alpha value is -5.28. The van der Waals surface area contributed by atoms with Gasteiger partial charge < -0.3 is 52.4 Å². The number of likely N-dealkylation sites (N-methyl/N-ethyl adjacent to an activating group) is 1. The number of Topliss-reactive ketones (excluding diaryl/α,β-unsaturated/α-hetero) is 2. The van der Waals surface area contributed by atoms with Gasteiger partial charge in [0.05, 0.1) is 24.5 Å². The van der Waals surface area contributed by atoms with Gasteiger partial charge in [-0.05, 0) is 149 Å². The number of nitrogens with zero attached hydrogens (tertiary/aromatic N) is 1. The van der Waals surface area contributed by atoms with E-state index in [0.717, 1.165) is 138 Å². The SMILES string of the molecule is CCNC1C=C2C=CCC3CCCCC(C)(CC4=CNC(N)C=C4)Cc4cccc5c4C(=O)C4(OC4(CC=C(C)C4(C6(C7=CCNC8=C7CCC(NC)N8)CCCNC(=NC)N6)CCCC4)C5=O)C(=O)OCC1CC23. The number of ketones is 2. The molecule has 10 atom stereocenters. The molecule has 1 saturated carbocycles. The number of epoxide rings is 1. The van der Waals surface area contributed by atoms with E-state index in [1.165, 1.54) is 16.7 Å². The summed E-state index contributed by atoms with van der Waals surface area (Å²) in [6, 6.07) is 5.68. The van der Waals surface area contributed by atoms with Crippen LogP contribution in [0.2, 0.25) is 0 Å². The van der Waals surface area contributed by atoms with Crippen molar-refractivity contribution < 1.29 is 23.9 Å². The summed E-state index contributed by atoms with van der Waals surface area (Å²) < 4.78 is 13.3. The maximum atomic E-state index is 16.0. The highest BCUT2D eigenvalue weighted by atomic mass is 16.7. The van der Waals surface area contributed by atoms with Gasteiger partial charge in [0.2, 0.25) is 5.78 Å². The van der Waals surface area contributed by atoms with Crippen molar-refractivity contribution in [2.45, 2.75) is 165 Å². The summed E-state index contributed by atoms with van der Waals surface area (Å²) in [4.78, 5) is 52.0. The van der Waals surface area contributed by atoms with E-state index in [4.69, 9.17) is 20.2 Å². The van der Waals surface area contributed by atoms with Crippen LogP contribution in [0.1, 0.15) is 150 Å². The van der Waals surface area contributed by atoms with Crippen LogP contribution in [0.4, 0.5) is 0 Å². The number of nitrogens with two attached hydrogens (primary N) is 1. The number of nitrogens with one attached hydrogen (secondary N) is 7. The number of dihydropyridines is 2. The van der Waals surface area contributed by atoms with Gasteiger partial charge in [0.25, 0.3) is 5.60 Å². The lowest BCUT2D eigenvalue weighted by Crippen LogP contribution is -2.63. The molecule has 1 aromatic carbocycles. The second-order valence-corrected chi connectivity index (χ2v) is 24.0. The van der Waals surface area contributed by atoms with Crippen LogP contribution in [0.25, 0.3) is 0 Å². The fraction of sp³-hybridized carbons (Fsp3) is 0.607. The maximum absolute atomic E-state index is 16.0. The summed E-state index contributed by atoms with van der Waals surface area (Å²) in [6.45, 7) is 9.01. The normalized spacial score (nSPS) is 36.9. The molecule has 11 rings (SSSR count). The number of rotatable bonds is 10. The fourth-order valence-electron chi connectivity index (χ4n) is 15.8. The predicted molar refractivity (Wildman–Crippen MR) is 294 cm³/mol. The van der Waals surface area contributed by atoms with Crippen LogP contribution in [0, 0.1) is 28.6 Å². The fourth-order valence-corrected chi connectivity index (χ4v) is 15.8. The quantitative estimate of drug-likeness (QED) is 0.0503. The predicted octanol–water partition coefficient (Wildman–Crippen LogP) is 7.34. The van der Waals surface area contributed by atoms with E-state index in [0.29, 0.717) is 35.9 Å². The van der Waals surface area contributed by atoms with Gasteiger partial charge >= 0.3 is 5.97 Å². The van der Waals surface area contributed by atoms with Gasteiger partial charge in [-0.15, -0.1) is 0 Å². The van der Waals surface area contributed by atoms with Crippen molar-refractivity contribution in [2.75, 3.05) is 40.3 Å². The number of ether oxygens (including phenoxy) is 2. The van der Waals surface area contributed by atoms with Crippen LogP contribution >= 0.6 is 0 Å². The first-order valence-corrected chi connectivity index (χ1v) is 28.7. The summed E-state index contributed by atoms with van der Waals surface area (Å²) >= 11 is 0. The number of carbonyl (C=O) groups is 3. The first-order valence-electron chi connectivity index (χ1n) is 28.7. The highest BCUT2D eigenvalue weighted by molar-refractivity contribution is 6.33. The number of carbonyl (C=O) groups excluding carboxylic acids is 3. The Balaban J connectivity index is 1.00. The molecule has 75 heavy (non-hydrogen) atoms. The third-order valence-electron chi connectivity index (χ3n) is 19.7. The molecule has 3 fully saturated rings. The highest BCUT2D eigenvalue weighted by Gasteiger charge is 2.85. The Morgan fingerprint density at radius 3 is 2.63 bits per heavy atom.